The van der Waals surface area contributed by atoms with Crippen LogP contribution < -0.4 is 0 Å². The van der Waals surface area contributed by atoms with Crippen LogP contribution in [0, 0.1) is 0 Å². The first-order valence-electron chi connectivity index (χ1n) is 8.81. The van der Waals surface area contributed by atoms with Crippen LogP contribution in [0.5, 0.6) is 5.75 Å². The fourth-order valence-electron chi connectivity index (χ4n) is 3.52. The van der Waals surface area contributed by atoms with E-state index < -0.39 is 0 Å². The molecular formula is C21H22O2S2. The van der Waals surface area contributed by atoms with Gasteiger partial charge in [0, 0.05) is 17.1 Å². The maximum Gasteiger partial charge on any atom is 0.138 e. The summed E-state index contributed by atoms with van der Waals surface area (Å²) in [5.41, 5.74) is 3.98. The zero-order valence-corrected chi connectivity index (χ0v) is 16.0. The van der Waals surface area contributed by atoms with Crippen LogP contribution in [0.25, 0.3) is 22.1 Å². The van der Waals surface area contributed by atoms with Crippen LogP contribution in [0.3, 0.4) is 0 Å². The third-order valence-electron chi connectivity index (χ3n) is 4.79. The molecule has 3 aromatic rings. The minimum atomic E-state index is 0.0569. The summed E-state index contributed by atoms with van der Waals surface area (Å²) in [7, 11) is 0. The zero-order valence-electron chi connectivity index (χ0n) is 14.3. The second-order valence-corrected chi connectivity index (χ2v) is 9.48. The minimum absolute atomic E-state index is 0.0569. The predicted molar refractivity (Wildman–Crippen MR) is 109 cm³/mol. The second-order valence-electron chi connectivity index (χ2n) is 6.44. The average Bonchev–Trinajstić information content (AvgIpc) is 3.29. The maximum atomic E-state index is 10.8. The summed E-state index contributed by atoms with van der Waals surface area (Å²) in [5.74, 6) is 2.66. The van der Waals surface area contributed by atoms with Gasteiger partial charge in [-0.3, -0.25) is 0 Å². The van der Waals surface area contributed by atoms with Gasteiger partial charge in [0.25, 0.3) is 0 Å². The van der Waals surface area contributed by atoms with Crippen molar-refractivity contribution in [1.82, 2.24) is 0 Å². The van der Waals surface area contributed by atoms with Crippen LogP contribution in [0.15, 0.2) is 53.1 Å². The number of hydrogen-bond acceptors (Lipinski definition) is 4. The summed E-state index contributed by atoms with van der Waals surface area (Å²) in [5, 5.41) is 11.6. The first-order valence-corrected chi connectivity index (χ1v) is 10.8. The van der Waals surface area contributed by atoms with Gasteiger partial charge < -0.3 is 9.52 Å². The van der Waals surface area contributed by atoms with Crippen LogP contribution in [-0.2, 0) is 4.08 Å². The zero-order chi connectivity index (χ0) is 17.3. The Balaban J connectivity index is 1.81. The SMILES string of the molecule is CCCCC1(c2cc(O)c3c(-c4ccccc4)coc3c2)SCCS1. The summed E-state index contributed by atoms with van der Waals surface area (Å²) in [6.45, 7) is 2.23. The van der Waals surface area contributed by atoms with Gasteiger partial charge in [0.1, 0.15) is 11.3 Å². The molecule has 0 spiro atoms. The number of aromatic hydroxyl groups is 1. The van der Waals surface area contributed by atoms with Crippen molar-refractivity contribution in [3.8, 4) is 16.9 Å². The molecule has 4 rings (SSSR count). The van der Waals surface area contributed by atoms with Gasteiger partial charge in [-0.1, -0.05) is 50.1 Å². The summed E-state index contributed by atoms with van der Waals surface area (Å²) in [6.07, 6.45) is 5.29. The van der Waals surface area contributed by atoms with Crippen molar-refractivity contribution in [3.63, 3.8) is 0 Å². The van der Waals surface area contributed by atoms with Gasteiger partial charge >= 0.3 is 0 Å². The maximum absolute atomic E-state index is 10.8. The molecule has 130 valence electrons. The van der Waals surface area contributed by atoms with E-state index >= 15 is 0 Å². The number of thioether (sulfide) groups is 2. The first-order chi connectivity index (χ1) is 12.2. The van der Waals surface area contributed by atoms with E-state index in [0.717, 1.165) is 28.5 Å². The third-order valence-corrected chi connectivity index (χ3v) is 8.39. The summed E-state index contributed by atoms with van der Waals surface area (Å²) >= 11 is 4.03. The molecule has 0 aliphatic carbocycles. The fraction of sp³-hybridized carbons (Fsp3) is 0.333. The highest BCUT2D eigenvalue weighted by atomic mass is 32.2. The Morgan fingerprint density at radius 1 is 1.12 bits per heavy atom. The Kier molecular flexibility index (Phi) is 4.74. The molecule has 1 N–H and O–H groups in total. The van der Waals surface area contributed by atoms with Crippen molar-refractivity contribution in [2.24, 2.45) is 0 Å². The molecule has 1 aliphatic rings. The van der Waals surface area contributed by atoms with Crippen molar-refractivity contribution in [2.45, 2.75) is 30.3 Å². The lowest BCUT2D eigenvalue weighted by Gasteiger charge is -2.28. The number of unbranched alkanes of at least 4 members (excludes halogenated alkanes) is 1. The topological polar surface area (TPSA) is 33.4 Å². The molecule has 0 saturated carbocycles. The van der Waals surface area contributed by atoms with Crippen LogP contribution in [0.2, 0.25) is 0 Å². The summed E-state index contributed by atoms with van der Waals surface area (Å²) in [6, 6.07) is 14.2. The molecule has 25 heavy (non-hydrogen) atoms. The first kappa shape index (κ1) is 16.9. The minimum Gasteiger partial charge on any atom is -0.507 e. The molecule has 4 heteroatoms. The fourth-order valence-corrected chi connectivity index (χ4v) is 6.82. The van der Waals surface area contributed by atoms with Crippen LogP contribution in [0.1, 0.15) is 31.7 Å². The Morgan fingerprint density at radius 3 is 2.60 bits per heavy atom. The molecule has 2 aromatic carbocycles. The molecular weight excluding hydrogens is 348 g/mol. The molecule has 1 aromatic heterocycles. The monoisotopic (exact) mass is 370 g/mol. The number of fused-ring (bicyclic) bond motifs is 1. The standard InChI is InChI=1S/C21H22O2S2/c1-2-3-9-21(24-10-11-25-21)16-12-18(22)20-17(14-23-19(20)13-16)15-7-5-4-6-8-15/h4-8,12-14,22H,2-3,9-11H2,1H3. The van der Waals surface area contributed by atoms with Crippen LogP contribution in [0.4, 0.5) is 0 Å². The van der Waals surface area contributed by atoms with Gasteiger partial charge in [0.2, 0.25) is 0 Å². The molecule has 0 radical (unpaired) electrons. The molecule has 2 nitrogen and oxygen atoms in total. The van der Waals surface area contributed by atoms with E-state index in [1.165, 1.54) is 29.9 Å². The lowest BCUT2D eigenvalue weighted by molar-refractivity contribution is 0.480. The van der Waals surface area contributed by atoms with Gasteiger partial charge in [-0.25, -0.2) is 0 Å². The molecule has 0 bridgehead atoms. The molecule has 1 fully saturated rings. The van der Waals surface area contributed by atoms with Crippen LogP contribution >= 0.6 is 23.5 Å². The van der Waals surface area contributed by atoms with E-state index in [0.29, 0.717) is 5.75 Å². The van der Waals surface area contributed by atoms with E-state index in [-0.39, 0.29) is 4.08 Å². The van der Waals surface area contributed by atoms with E-state index in [4.69, 9.17) is 4.42 Å². The number of phenolic OH excluding ortho intramolecular Hbond substituents is 1. The predicted octanol–water partition coefficient (Wildman–Crippen LogP) is 6.63. The summed E-state index contributed by atoms with van der Waals surface area (Å²) in [4.78, 5) is 0. The molecule has 2 heterocycles. The van der Waals surface area contributed by atoms with Gasteiger partial charge in [0.15, 0.2) is 0 Å². The Morgan fingerprint density at radius 2 is 1.88 bits per heavy atom. The normalized spacial score (nSPS) is 16.5. The van der Waals surface area contributed by atoms with Crippen molar-refractivity contribution in [1.29, 1.82) is 0 Å². The quantitative estimate of drug-likeness (QED) is 0.546. The average molecular weight is 371 g/mol. The number of furan rings is 1. The Bertz CT molecular complexity index is 864. The lowest BCUT2D eigenvalue weighted by atomic mass is 10.00. The number of hydrogen-bond donors (Lipinski definition) is 1. The Hall–Kier alpha value is -1.52. The molecule has 1 aliphatic heterocycles. The number of benzene rings is 2. The van der Waals surface area contributed by atoms with Crippen molar-refractivity contribution < 1.29 is 9.52 Å². The van der Waals surface area contributed by atoms with Gasteiger partial charge in [-0.05, 0) is 29.7 Å². The highest BCUT2D eigenvalue weighted by molar-refractivity contribution is 8.20. The highest BCUT2D eigenvalue weighted by Gasteiger charge is 2.37. The van der Waals surface area contributed by atoms with E-state index in [2.05, 4.69) is 13.0 Å². The summed E-state index contributed by atoms with van der Waals surface area (Å²) < 4.78 is 5.91. The Labute approximate surface area is 157 Å². The molecule has 0 amide bonds. The van der Waals surface area contributed by atoms with E-state index in [1.54, 1.807) is 6.26 Å². The third kappa shape index (κ3) is 3.06. The number of rotatable bonds is 5. The highest BCUT2D eigenvalue weighted by Crippen LogP contribution is 2.56. The molecule has 0 unspecified atom stereocenters. The smallest absolute Gasteiger partial charge is 0.138 e. The van der Waals surface area contributed by atoms with Gasteiger partial charge in [-0.2, -0.15) is 0 Å². The van der Waals surface area contributed by atoms with E-state index in [1.807, 2.05) is 59.9 Å². The van der Waals surface area contributed by atoms with Crippen LogP contribution in [-0.4, -0.2) is 16.6 Å². The van der Waals surface area contributed by atoms with Crippen molar-refractivity contribution >= 4 is 34.5 Å². The van der Waals surface area contributed by atoms with Crippen molar-refractivity contribution in [2.75, 3.05) is 11.5 Å². The number of phenols is 1. The second kappa shape index (κ2) is 7.00. The van der Waals surface area contributed by atoms with Gasteiger partial charge in [0.05, 0.1) is 15.7 Å². The van der Waals surface area contributed by atoms with Gasteiger partial charge in [-0.15, -0.1) is 23.5 Å². The largest absolute Gasteiger partial charge is 0.507 e. The van der Waals surface area contributed by atoms with E-state index in [9.17, 15) is 5.11 Å². The lowest BCUT2D eigenvalue weighted by Crippen LogP contribution is -2.14. The van der Waals surface area contributed by atoms with Crippen molar-refractivity contribution in [3.05, 3.63) is 54.3 Å². The molecule has 1 saturated heterocycles. The molecule has 0 atom stereocenters.